The number of nitrogens with zero attached hydrogens (tertiary/aromatic N) is 5. The highest BCUT2D eigenvalue weighted by molar-refractivity contribution is 9.10. The van der Waals surface area contributed by atoms with Crippen LogP contribution in [0.2, 0.25) is 0 Å². The normalized spacial score (nSPS) is 10.5. The van der Waals surface area contributed by atoms with Crippen LogP contribution in [0, 0.1) is 0 Å². The van der Waals surface area contributed by atoms with Crippen molar-refractivity contribution >= 4 is 27.4 Å². The van der Waals surface area contributed by atoms with Gasteiger partial charge in [0.15, 0.2) is 5.65 Å². The van der Waals surface area contributed by atoms with E-state index in [9.17, 15) is 0 Å². The quantitative estimate of drug-likeness (QED) is 0.769. The fraction of sp³-hybridized carbons (Fsp3) is 0.357. The molecule has 0 aliphatic rings. The van der Waals surface area contributed by atoms with Crippen LogP contribution in [0.5, 0.6) is 0 Å². The van der Waals surface area contributed by atoms with E-state index in [2.05, 4.69) is 45.0 Å². The summed E-state index contributed by atoms with van der Waals surface area (Å²) in [5.74, 6) is 0.533. The Morgan fingerprint density at radius 1 is 1.14 bits per heavy atom. The molecule has 7 heteroatoms. The van der Waals surface area contributed by atoms with E-state index in [-0.39, 0.29) is 0 Å². The van der Waals surface area contributed by atoms with Gasteiger partial charge in [-0.2, -0.15) is 14.7 Å². The van der Waals surface area contributed by atoms with Crippen molar-refractivity contribution in [3.63, 3.8) is 0 Å². The number of nitrogen functional groups attached to an aromatic ring is 1. The molecule has 0 fully saturated rings. The van der Waals surface area contributed by atoms with E-state index in [1.807, 2.05) is 13.2 Å². The molecule has 0 bridgehead atoms. The molecule has 2 N–H and O–H groups in total. The van der Waals surface area contributed by atoms with Crippen LogP contribution in [0.4, 0.5) is 5.82 Å². The van der Waals surface area contributed by atoms with E-state index in [0.717, 1.165) is 21.2 Å². The summed E-state index contributed by atoms with van der Waals surface area (Å²) in [6, 6.07) is 0. The number of hydrogen-bond donors (Lipinski definition) is 1. The van der Waals surface area contributed by atoms with Crippen LogP contribution < -0.4 is 5.73 Å². The van der Waals surface area contributed by atoms with Gasteiger partial charge in [0, 0.05) is 30.6 Å². The number of aryl methyl sites for hydroxylation is 1. The van der Waals surface area contributed by atoms with Gasteiger partial charge in [-0.15, -0.1) is 0 Å². The Balaban J connectivity index is 0.000000361. The Morgan fingerprint density at radius 2 is 1.86 bits per heavy atom. The molecule has 3 rings (SSSR count). The first-order valence-corrected chi connectivity index (χ1v) is 7.64. The van der Waals surface area contributed by atoms with Crippen molar-refractivity contribution in [1.82, 2.24) is 24.4 Å². The molecule has 0 spiro atoms. The Kier molecular flexibility index (Phi) is 4.95. The molecule has 0 unspecified atom stereocenters. The van der Waals surface area contributed by atoms with Gasteiger partial charge in [-0.25, -0.2) is 4.98 Å². The second kappa shape index (κ2) is 6.71. The SMILES string of the molecule is CCCC.Cn1cc(-c2cnn3c(N)c(Br)cnc23)cn1. The van der Waals surface area contributed by atoms with Crippen LogP contribution in [0.3, 0.4) is 0 Å². The van der Waals surface area contributed by atoms with Gasteiger partial charge in [-0.05, 0) is 15.9 Å². The average Bonchev–Trinajstić information content (AvgIpc) is 3.09. The van der Waals surface area contributed by atoms with Crippen molar-refractivity contribution in [1.29, 1.82) is 0 Å². The van der Waals surface area contributed by atoms with E-state index in [0.29, 0.717) is 5.82 Å². The summed E-state index contributed by atoms with van der Waals surface area (Å²) >= 11 is 3.32. The second-order valence-corrected chi connectivity index (χ2v) is 5.54. The highest BCUT2D eigenvalue weighted by Crippen LogP contribution is 2.26. The van der Waals surface area contributed by atoms with Crippen molar-refractivity contribution in [2.24, 2.45) is 7.05 Å². The van der Waals surface area contributed by atoms with Crippen LogP contribution in [0.25, 0.3) is 16.8 Å². The third kappa shape index (κ3) is 3.24. The molecule has 0 atom stereocenters. The van der Waals surface area contributed by atoms with Crippen molar-refractivity contribution in [2.75, 3.05) is 5.73 Å². The van der Waals surface area contributed by atoms with Crippen molar-refractivity contribution in [2.45, 2.75) is 26.7 Å². The molecule has 0 aromatic carbocycles. The lowest BCUT2D eigenvalue weighted by atomic mass is 10.2. The van der Waals surface area contributed by atoms with Crippen LogP contribution in [0.1, 0.15) is 26.7 Å². The van der Waals surface area contributed by atoms with Crippen molar-refractivity contribution < 1.29 is 0 Å². The Bertz CT molecular complexity index is 728. The third-order valence-corrected chi connectivity index (χ3v) is 3.64. The average molecular weight is 351 g/mol. The molecule has 0 saturated carbocycles. The highest BCUT2D eigenvalue weighted by atomic mass is 79.9. The fourth-order valence-electron chi connectivity index (χ4n) is 1.69. The predicted octanol–water partition coefficient (Wildman–Crippen LogP) is 3.28. The first-order chi connectivity index (χ1) is 10.1. The summed E-state index contributed by atoms with van der Waals surface area (Å²) in [5.41, 5.74) is 8.51. The minimum Gasteiger partial charge on any atom is -0.383 e. The lowest BCUT2D eigenvalue weighted by Crippen LogP contribution is -2.00. The van der Waals surface area contributed by atoms with Crippen molar-refractivity contribution in [3.05, 3.63) is 29.3 Å². The summed E-state index contributed by atoms with van der Waals surface area (Å²) in [6.45, 7) is 4.36. The zero-order valence-electron chi connectivity index (χ0n) is 12.4. The maximum Gasteiger partial charge on any atom is 0.165 e. The van der Waals surface area contributed by atoms with Crippen molar-refractivity contribution in [3.8, 4) is 11.1 Å². The molecular formula is C14H19BrN6. The number of hydrogen-bond acceptors (Lipinski definition) is 4. The topological polar surface area (TPSA) is 74.0 Å². The minimum absolute atomic E-state index is 0.533. The van der Waals surface area contributed by atoms with Gasteiger partial charge in [-0.3, -0.25) is 4.68 Å². The Morgan fingerprint density at radius 3 is 2.43 bits per heavy atom. The molecule has 112 valence electrons. The summed E-state index contributed by atoms with van der Waals surface area (Å²) in [5, 5.41) is 8.36. The van der Waals surface area contributed by atoms with E-state index < -0.39 is 0 Å². The predicted molar refractivity (Wildman–Crippen MR) is 87.9 cm³/mol. The lowest BCUT2D eigenvalue weighted by molar-refractivity contribution is 0.768. The fourth-order valence-corrected chi connectivity index (χ4v) is 1.96. The van der Waals surface area contributed by atoms with E-state index in [1.54, 1.807) is 27.8 Å². The van der Waals surface area contributed by atoms with E-state index in [1.165, 1.54) is 12.8 Å². The molecule has 0 saturated heterocycles. The van der Waals surface area contributed by atoms with Gasteiger partial charge >= 0.3 is 0 Å². The largest absolute Gasteiger partial charge is 0.383 e. The third-order valence-electron chi connectivity index (χ3n) is 3.03. The van der Waals surface area contributed by atoms with Gasteiger partial charge < -0.3 is 5.73 Å². The Labute approximate surface area is 132 Å². The van der Waals surface area contributed by atoms with Crippen LogP contribution in [-0.2, 0) is 7.05 Å². The monoisotopic (exact) mass is 350 g/mol. The number of nitrogens with two attached hydrogens (primary N) is 1. The van der Waals surface area contributed by atoms with E-state index >= 15 is 0 Å². The second-order valence-electron chi connectivity index (χ2n) is 4.69. The molecule has 3 heterocycles. The molecule has 21 heavy (non-hydrogen) atoms. The molecule has 6 nitrogen and oxygen atoms in total. The smallest absolute Gasteiger partial charge is 0.165 e. The molecule has 0 amide bonds. The summed E-state index contributed by atoms with van der Waals surface area (Å²) in [4.78, 5) is 4.32. The van der Waals surface area contributed by atoms with Gasteiger partial charge in [-0.1, -0.05) is 26.7 Å². The summed E-state index contributed by atoms with van der Waals surface area (Å²) in [7, 11) is 1.87. The van der Waals surface area contributed by atoms with Crippen LogP contribution in [0.15, 0.2) is 29.3 Å². The molecule has 0 radical (unpaired) electrons. The zero-order valence-corrected chi connectivity index (χ0v) is 14.0. The van der Waals surface area contributed by atoms with Gasteiger partial charge in [0.05, 0.1) is 16.9 Å². The number of halogens is 1. The summed E-state index contributed by atoms with van der Waals surface area (Å²) in [6.07, 6.45) is 9.74. The maximum atomic E-state index is 5.91. The number of anilines is 1. The van der Waals surface area contributed by atoms with Gasteiger partial charge in [0.1, 0.15) is 5.82 Å². The van der Waals surface area contributed by atoms with Gasteiger partial charge in [0.25, 0.3) is 0 Å². The molecule has 3 aromatic rings. The number of rotatable bonds is 2. The number of unbranched alkanes of at least 4 members (excludes halogenated alkanes) is 1. The highest BCUT2D eigenvalue weighted by Gasteiger charge is 2.12. The molecule has 0 aliphatic carbocycles. The Hall–Kier alpha value is -1.89. The summed E-state index contributed by atoms with van der Waals surface area (Å²) < 4.78 is 4.07. The lowest BCUT2D eigenvalue weighted by Gasteiger charge is -2.00. The number of fused-ring (bicyclic) bond motifs is 1. The van der Waals surface area contributed by atoms with Crippen LogP contribution >= 0.6 is 15.9 Å². The zero-order chi connectivity index (χ0) is 15.4. The van der Waals surface area contributed by atoms with Crippen LogP contribution in [-0.4, -0.2) is 24.4 Å². The first kappa shape index (κ1) is 15.5. The molecular weight excluding hydrogens is 332 g/mol. The molecule has 3 aromatic heterocycles. The maximum absolute atomic E-state index is 5.91. The first-order valence-electron chi connectivity index (χ1n) is 6.85. The van der Waals surface area contributed by atoms with Gasteiger partial charge in [0.2, 0.25) is 0 Å². The number of aromatic nitrogens is 5. The minimum atomic E-state index is 0.533. The van der Waals surface area contributed by atoms with E-state index in [4.69, 9.17) is 5.73 Å². The standard InChI is InChI=1S/C10H9BrN6.C4H10/c1-16-5-6(2-14-16)7-3-15-17-9(12)8(11)4-13-10(7)17;1-3-4-2/h2-5H,12H2,1H3;3-4H2,1-2H3. The molecule has 0 aliphatic heterocycles.